The van der Waals surface area contributed by atoms with E-state index < -0.39 is 11.9 Å². The Morgan fingerprint density at radius 1 is 1.21 bits per heavy atom. The van der Waals surface area contributed by atoms with Crippen LogP contribution in [0, 0.1) is 13.8 Å². The van der Waals surface area contributed by atoms with Gasteiger partial charge < -0.3 is 14.3 Å². The van der Waals surface area contributed by atoms with Crippen LogP contribution in [0.25, 0.3) is 0 Å². The Labute approximate surface area is 109 Å². The van der Waals surface area contributed by atoms with Crippen molar-refractivity contribution in [3.8, 4) is 5.75 Å². The van der Waals surface area contributed by atoms with Crippen LogP contribution in [0.4, 0.5) is 0 Å². The van der Waals surface area contributed by atoms with E-state index >= 15 is 0 Å². The van der Waals surface area contributed by atoms with Crippen LogP contribution >= 0.6 is 0 Å². The summed E-state index contributed by atoms with van der Waals surface area (Å²) >= 11 is 0. The zero-order valence-corrected chi connectivity index (χ0v) is 10.5. The fourth-order valence-corrected chi connectivity index (χ4v) is 1.56. The number of aromatic carboxylic acids is 1. The van der Waals surface area contributed by atoms with E-state index in [4.69, 9.17) is 14.3 Å². The summed E-state index contributed by atoms with van der Waals surface area (Å²) in [7, 11) is 0. The molecule has 0 saturated heterocycles. The summed E-state index contributed by atoms with van der Waals surface area (Å²) in [5, 5.41) is 8.98. The Hall–Kier alpha value is -2.56. The fraction of sp³-hybridized carbons (Fsp3) is 0.143. The van der Waals surface area contributed by atoms with Gasteiger partial charge in [0.15, 0.2) is 0 Å². The molecule has 0 unspecified atom stereocenters. The van der Waals surface area contributed by atoms with Crippen molar-refractivity contribution in [1.29, 1.82) is 0 Å². The van der Waals surface area contributed by atoms with E-state index in [-0.39, 0.29) is 17.1 Å². The molecule has 19 heavy (non-hydrogen) atoms. The van der Waals surface area contributed by atoms with Crippen molar-refractivity contribution < 1.29 is 23.8 Å². The molecule has 0 saturated carbocycles. The predicted octanol–water partition coefficient (Wildman–Crippen LogP) is 2.81. The maximum absolute atomic E-state index is 11.8. The number of hydrogen-bond acceptors (Lipinski definition) is 4. The van der Waals surface area contributed by atoms with Gasteiger partial charge in [-0.15, -0.1) is 0 Å². The molecule has 5 heteroatoms. The van der Waals surface area contributed by atoms with Crippen molar-refractivity contribution in [1.82, 2.24) is 0 Å². The Morgan fingerprint density at radius 2 is 1.89 bits per heavy atom. The zero-order valence-electron chi connectivity index (χ0n) is 10.5. The third-order valence-electron chi connectivity index (χ3n) is 2.69. The van der Waals surface area contributed by atoms with Crippen LogP contribution in [0.3, 0.4) is 0 Å². The number of rotatable bonds is 3. The van der Waals surface area contributed by atoms with Crippen molar-refractivity contribution in [2.75, 3.05) is 0 Å². The minimum absolute atomic E-state index is 0.00768. The summed E-state index contributed by atoms with van der Waals surface area (Å²) in [6, 6.07) is 7.49. The van der Waals surface area contributed by atoms with Gasteiger partial charge in [0.1, 0.15) is 17.1 Å². The SMILES string of the molecule is Cc1cc(C(=O)Oc2ccccc2C(=O)O)oc1C. The standard InChI is InChI=1S/C14H12O5/c1-8-7-12(18-9(8)2)14(17)19-11-6-4-3-5-10(11)13(15)16/h3-7H,1-2H3,(H,15,16). The number of furan rings is 1. The van der Waals surface area contributed by atoms with Crippen LogP contribution in [0.15, 0.2) is 34.7 Å². The highest BCUT2D eigenvalue weighted by Gasteiger charge is 2.18. The third kappa shape index (κ3) is 2.65. The topological polar surface area (TPSA) is 76.7 Å². The largest absolute Gasteiger partial charge is 0.478 e. The summed E-state index contributed by atoms with van der Waals surface area (Å²) in [6.45, 7) is 3.54. The molecular weight excluding hydrogens is 248 g/mol. The van der Waals surface area contributed by atoms with Gasteiger partial charge in [0.2, 0.25) is 5.76 Å². The van der Waals surface area contributed by atoms with Crippen molar-refractivity contribution >= 4 is 11.9 Å². The number of esters is 1. The van der Waals surface area contributed by atoms with Gasteiger partial charge in [-0.2, -0.15) is 0 Å². The summed E-state index contributed by atoms with van der Waals surface area (Å²) < 4.78 is 10.3. The van der Waals surface area contributed by atoms with Crippen molar-refractivity contribution in [2.24, 2.45) is 0 Å². The molecule has 1 N–H and O–H groups in total. The Balaban J connectivity index is 2.26. The molecule has 1 heterocycles. The first-order valence-electron chi connectivity index (χ1n) is 5.60. The molecule has 98 valence electrons. The minimum Gasteiger partial charge on any atom is -0.478 e. The maximum Gasteiger partial charge on any atom is 0.379 e. The lowest BCUT2D eigenvalue weighted by Crippen LogP contribution is -2.10. The van der Waals surface area contributed by atoms with E-state index in [2.05, 4.69) is 0 Å². The van der Waals surface area contributed by atoms with Crippen LogP contribution in [0.2, 0.25) is 0 Å². The van der Waals surface area contributed by atoms with Crippen molar-refractivity contribution in [3.05, 3.63) is 53.0 Å². The first-order valence-corrected chi connectivity index (χ1v) is 5.60. The van der Waals surface area contributed by atoms with Gasteiger partial charge in [-0.05, 0) is 37.6 Å². The fourth-order valence-electron chi connectivity index (χ4n) is 1.56. The highest BCUT2D eigenvalue weighted by molar-refractivity contribution is 5.94. The molecule has 1 aromatic heterocycles. The Morgan fingerprint density at radius 3 is 2.47 bits per heavy atom. The minimum atomic E-state index is -1.16. The molecule has 0 atom stereocenters. The second-order valence-electron chi connectivity index (χ2n) is 4.04. The summed E-state index contributed by atoms with van der Waals surface area (Å²) in [4.78, 5) is 22.8. The number of benzene rings is 1. The third-order valence-corrected chi connectivity index (χ3v) is 2.69. The number of carbonyl (C=O) groups excluding carboxylic acids is 1. The number of carboxylic acids is 1. The number of carbonyl (C=O) groups is 2. The first kappa shape index (κ1) is 12.9. The van der Waals surface area contributed by atoms with E-state index in [1.54, 1.807) is 32.0 Å². The molecule has 5 nitrogen and oxygen atoms in total. The molecule has 0 fully saturated rings. The summed E-state index contributed by atoms with van der Waals surface area (Å²) in [6.07, 6.45) is 0. The highest BCUT2D eigenvalue weighted by Crippen LogP contribution is 2.21. The average molecular weight is 260 g/mol. The van der Waals surface area contributed by atoms with Crippen LogP contribution in [0.1, 0.15) is 32.2 Å². The van der Waals surface area contributed by atoms with Gasteiger partial charge in [0, 0.05) is 0 Å². The molecule has 0 radical (unpaired) electrons. The zero-order chi connectivity index (χ0) is 14.0. The van der Waals surface area contributed by atoms with Gasteiger partial charge in [-0.25, -0.2) is 9.59 Å². The molecule has 2 rings (SSSR count). The monoisotopic (exact) mass is 260 g/mol. The number of ether oxygens (including phenoxy) is 1. The molecule has 0 aliphatic carbocycles. The van der Waals surface area contributed by atoms with Crippen LogP contribution in [0.5, 0.6) is 5.75 Å². The lowest BCUT2D eigenvalue weighted by molar-refractivity contribution is 0.0669. The Kier molecular flexibility index (Phi) is 3.37. The lowest BCUT2D eigenvalue weighted by atomic mass is 10.2. The van der Waals surface area contributed by atoms with Gasteiger partial charge in [-0.3, -0.25) is 0 Å². The molecule has 1 aromatic carbocycles. The second kappa shape index (κ2) is 4.97. The van der Waals surface area contributed by atoms with Crippen LogP contribution in [-0.4, -0.2) is 17.0 Å². The lowest BCUT2D eigenvalue weighted by Gasteiger charge is -2.05. The summed E-state index contributed by atoms with van der Waals surface area (Å²) in [5.41, 5.74) is 0.759. The quantitative estimate of drug-likeness (QED) is 0.678. The number of para-hydroxylation sites is 1. The predicted molar refractivity (Wildman–Crippen MR) is 66.5 cm³/mol. The number of hydrogen-bond donors (Lipinski definition) is 1. The molecule has 0 aliphatic heterocycles. The number of aryl methyl sites for hydroxylation is 2. The normalized spacial score (nSPS) is 10.2. The second-order valence-corrected chi connectivity index (χ2v) is 4.04. The maximum atomic E-state index is 11.8. The van der Waals surface area contributed by atoms with E-state index in [1.807, 2.05) is 0 Å². The van der Waals surface area contributed by atoms with E-state index in [1.165, 1.54) is 12.1 Å². The van der Waals surface area contributed by atoms with Gasteiger partial charge in [0.05, 0.1) is 0 Å². The smallest absolute Gasteiger partial charge is 0.379 e. The van der Waals surface area contributed by atoms with Crippen molar-refractivity contribution in [3.63, 3.8) is 0 Å². The van der Waals surface area contributed by atoms with Crippen molar-refractivity contribution in [2.45, 2.75) is 13.8 Å². The molecule has 0 aliphatic rings. The van der Waals surface area contributed by atoms with Gasteiger partial charge in [-0.1, -0.05) is 12.1 Å². The first-order chi connectivity index (χ1) is 8.99. The highest BCUT2D eigenvalue weighted by atomic mass is 16.5. The molecular formula is C14H12O5. The molecule has 2 aromatic rings. The number of carboxylic acid groups (broad SMARTS) is 1. The molecule has 0 spiro atoms. The van der Waals surface area contributed by atoms with Gasteiger partial charge >= 0.3 is 11.9 Å². The average Bonchev–Trinajstić information content (AvgIpc) is 2.70. The van der Waals surface area contributed by atoms with E-state index in [9.17, 15) is 9.59 Å². The van der Waals surface area contributed by atoms with E-state index in [0.717, 1.165) is 5.56 Å². The van der Waals surface area contributed by atoms with Gasteiger partial charge in [0.25, 0.3) is 0 Å². The summed E-state index contributed by atoms with van der Waals surface area (Å²) in [5.74, 6) is -1.21. The van der Waals surface area contributed by atoms with Crippen LogP contribution in [-0.2, 0) is 0 Å². The Bertz CT molecular complexity index is 620. The molecule has 0 amide bonds. The van der Waals surface area contributed by atoms with Crippen LogP contribution < -0.4 is 4.74 Å². The molecule has 0 bridgehead atoms. The van der Waals surface area contributed by atoms with E-state index in [0.29, 0.717) is 5.76 Å².